The molecule has 1 heterocycles. The number of halogens is 4. The highest BCUT2D eigenvalue weighted by Crippen LogP contribution is 2.57. The van der Waals surface area contributed by atoms with Gasteiger partial charge in [-0.15, -0.1) is 0 Å². The Kier molecular flexibility index (Phi) is 4.40. The van der Waals surface area contributed by atoms with Crippen LogP contribution in [0.3, 0.4) is 0 Å². The molecule has 0 fully saturated rings. The van der Waals surface area contributed by atoms with Crippen molar-refractivity contribution in [1.29, 1.82) is 0 Å². The van der Waals surface area contributed by atoms with Crippen molar-refractivity contribution in [2.75, 3.05) is 5.32 Å². The number of hydrogen-bond donors (Lipinski definition) is 4. The van der Waals surface area contributed by atoms with E-state index in [0.29, 0.717) is 26.6 Å². The molecule has 1 aliphatic carbocycles. The second kappa shape index (κ2) is 6.37. The van der Waals surface area contributed by atoms with Crippen molar-refractivity contribution in [3.05, 3.63) is 52.1 Å². The SMILES string of the molecule is CC1(C)CC(O)(C(F)(F)F)C(Nc2cccc3[nH]ncc23)c2c(Br)ccc(O)c21. The molecule has 9 heteroatoms. The van der Waals surface area contributed by atoms with Gasteiger partial charge in [-0.25, -0.2) is 0 Å². The quantitative estimate of drug-likeness (QED) is 0.417. The third kappa shape index (κ3) is 2.98. The van der Waals surface area contributed by atoms with E-state index >= 15 is 0 Å². The minimum atomic E-state index is -4.91. The molecule has 0 saturated carbocycles. The van der Waals surface area contributed by atoms with Crippen molar-refractivity contribution >= 4 is 32.5 Å². The molecular weight excluding hydrogens is 451 g/mol. The Labute approximate surface area is 173 Å². The van der Waals surface area contributed by atoms with Gasteiger partial charge in [0.1, 0.15) is 5.75 Å². The number of phenolic OH excluding ortho intramolecular Hbond substituents is 1. The van der Waals surface area contributed by atoms with Gasteiger partial charge < -0.3 is 15.5 Å². The molecule has 0 saturated heterocycles. The highest BCUT2D eigenvalue weighted by molar-refractivity contribution is 9.10. The summed E-state index contributed by atoms with van der Waals surface area (Å²) in [5.41, 5.74) is -2.58. The fraction of sp³-hybridized carbons (Fsp3) is 0.350. The van der Waals surface area contributed by atoms with E-state index in [9.17, 15) is 23.4 Å². The van der Waals surface area contributed by atoms with Crippen molar-refractivity contribution in [3.8, 4) is 5.75 Å². The molecule has 0 aliphatic heterocycles. The average Bonchev–Trinajstić information content (AvgIpc) is 3.08. The molecule has 0 spiro atoms. The predicted molar refractivity (Wildman–Crippen MR) is 107 cm³/mol. The molecular formula is C20H19BrF3N3O2. The van der Waals surface area contributed by atoms with Crippen LogP contribution in [0.15, 0.2) is 41.0 Å². The number of hydrogen-bond acceptors (Lipinski definition) is 4. The van der Waals surface area contributed by atoms with E-state index in [1.54, 1.807) is 32.0 Å². The van der Waals surface area contributed by atoms with Crippen molar-refractivity contribution in [1.82, 2.24) is 10.2 Å². The zero-order valence-electron chi connectivity index (χ0n) is 15.6. The van der Waals surface area contributed by atoms with Gasteiger partial charge in [0.25, 0.3) is 0 Å². The number of anilines is 1. The second-order valence-corrected chi connectivity index (χ2v) is 8.91. The maximum Gasteiger partial charge on any atom is 0.419 e. The first-order valence-corrected chi connectivity index (χ1v) is 9.74. The molecule has 154 valence electrons. The summed E-state index contributed by atoms with van der Waals surface area (Å²) < 4.78 is 43.0. The number of aliphatic hydroxyl groups is 1. The number of rotatable bonds is 2. The number of H-pyrrole nitrogens is 1. The number of phenols is 1. The lowest BCUT2D eigenvalue weighted by Crippen LogP contribution is -2.58. The topological polar surface area (TPSA) is 81.2 Å². The summed E-state index contributed by atoms with van der Waals surface area (Å²) in [6.45, 7) is 3.17. The van der Waals surface area contributed by atoms with Crippen molar-refractivity contribution in [2.24, 2.45) is 0 Å². The Morgan fingerprint density at radius 1 is 1.24 bits per heavy atom. The zero-order valence-corrected chi connectivity index (χ0v) is 17.2. The van der Waals surface area contributed by atoms with Crippen molar-refractivity contribution in [3.63, 3.8) is 0 Å². The molecule has 0 amide bonds. The van der Waals surface area contributed by atoms with Gasteiger partial charge in [-0.2, -0.15) is 18.3 Å². The summed E-state index contributed by atoms with van der Waals surface area (Å²) in [6, 6.07) is 6.44. The average molecular weight is 470 g/mol. The van der Waals surface area contributed by atoms with Crippen molar-refractivity contribution < 1.29 is 23.4 Å². The van der Waals surface area contributed by atoms with Gasteiger partial charge in [-0.1, -0.05) is 35.8 Å². The van der Waals surface area contributed by atoms with Crippen LogP contribution in [0, 0.1) is 0 Å². The maximum absolute atomic E-state index is 14.2. The number of nitrogens with zero attached hydrogens (tertiary/aromatic N) is 1. The van der Waals surface area contributed by atoms with E-state index in [-0.39, 0.29) is 11.3 Å². The van der Waals surface area contributed by atoms with Crippen LogP contribution in [0.1, 0.15) is 37.4 Å². The third-order valence-corrected chi connectivity index (χ3v) is 6.29. The minimum Gasteiger partial charge on any atom is -0.508 e. The predicted octanol–water partition coefficient (Wildman–Crippen LogP) is 5.16. The smallest absolute Gasteiger partial charge is 0.419 e. The van der Waals surface area contributed by atoms with Gasteiger partial charge in [-0.05, 0) is 41.7 Å². The Morgan fingerprint density at radius 2 is 1.97 bits per heavy atom. The van der Waals surface area contributed by atoms with Crippen LogP contribution in [-0.2, 0) is 5.41 Å². The van der Waals surface area contributed by atoms with E-state index in [0.717, 1.165) is 0 Å². The summed E-state index contributed by atoms with van der Waals surface area (Å²) in [5, 5.41) is 31.7. The van der Waals surface area contributed by atoms with Crippen LogP contribution in [0.5, 0.6) is 5.75 Å². The summed E-state index contributed by atoms with van der Waals surface area (Å²) >= 11 is 3.33. The summed E-state index contributed by atoms with van der Waals surface area (Å²) in [6.07, 6.45) is -4.01. The number of alkyl halides is 3. The lowest BCUT2D eigenvalue weighted by atomic mass is 9.63. The number of aromatic amines is 1. The molecule has 2 unspecified atom stereocenters. The van der Waals surface area contributed by atoms with Gasteiger partial charge in [0.05, 0.1) is 17.8 Å². The number of benzene rings is 2. The highest BCUT2D eigenvalue weighted by atomic mass is 79.9. The van der Waals surface area contributed by atoms with E-state index < -0.39 is 29.7 Å². The Bertz CT molecular complexity index is 1100. The first-order valence-electron chi connectivity index (χ1n) is 8.95. The van der Waals surface area contributed by atoms with Gasteiger partial charge in [0, 0.05) is 21.1 Å². The maximum atomic E-state index is 14.2. The number of fused-ring (bicyclic) bond motifs is 2. The molecule has 4 N–H and O–H groups in total. The van der Waals surface area contributed by atoms with Crippen LogP contribution in [-0.4, -0.2) is 32.2 Å². The number of aromatic nitrogens is 2. The third-order valence-electron chi connectivity index (χ3n) is 5.60. The molecule has 5 nitrogen and oxygen atoms in total. The monoisotopic (exact) mass is 469 g/mol. The van der Waals surface area contributed by atoms with Gasteiger partial charge in [-0.3, -0.25) is 5.10 Å². The fourth-order valence-corrected chi connectivity index (χ4v) is 4.94. The normalized spacial score (nSPS) is 23.8. The van der Waals surface area contributed by atoms with Crippen molar-refractivity contribution in [2.45, 2.75) is 43.5 Å². The number of nitrogens with one attached hydrogen (secondary N) is 2. The van der Waals surface area contributed by atoms with Gasteiger partial charge >= 0.3 is 6.18 Å². The standard InChI is InChI=1S/C20H19BrF3N3O2/c1-18(2)9-19(29,20(22,23)24)17(15-11(21)6-7-14(28)16(15)18)26-12-4-3-5-13-10(12)8-25-27-13/h3-8,17,26,28-29H,9H2,1-2H3,(H,25,27). The van der Waals surface area contributed by atoms with Crippen LogP contribution < -0.4 is 5.32 Å². The fourth-order valence-electron chi connectivity index (χ4n) is 4.38. The molecule has 4 rings (SSSR count). The second-order valence-electron chi connectivity index (χ2n) is 8.05. The van der Waals surface area contributed by atoms with Crippen LogP contribution in [0.2, 0.25) is 0 Å². The Morgan fingerprint density at radius 3 is 2.66 bits per heavy atom. The molecule has 2 atom stereocenters. The number of aromatic hydroxyl groups is 1. The van der Waals surface area contributed by atoms with E-state index in [4.69, 9.17) is 0 Å². The highest BCUT2D eigenvalue weighted by Gasteiger charge is 2.64. The van der Waals surface area contributed by atoms with Crippen LogP contribution in [0.4, 0.5) is 18.9 Å². The summed E-state index contributed by atoms with van der Waals surface area (Å²) in [7, 11) is 0. The van der Waals surface area contributed by atoms with E-state index in [1.165, 1.54) is 18.3 Å². The van der Waals surface area contributed by atoms with E-state index in [2.05, 4.69) is 31.4 Å². The minimum absolute atomic E-state index is 0.106. The molecule has 3 aromatic rings. The molecule has 1 aromatic heterocycles. The van der Waals surface area contributed by atoms with E-state index in [1.807, 2.05) is 0 Å². The first kappa shape index (κ1) is 20.0. The van der Waals surface area contributed by atoms with Gasteiger partial charge in [0.15, 0.2) is 5.60 Å². The molecule has 1 aliphatic rings. The molecule has 29 heavy (non-hydrogen) atoms. The zero-order chi connectivity index (χ0) is 21.2. The summed E-state index contributed by atoms with van der Waals surface area (Å²) in [4.78, 5) is 0. The Balaban J connectivity index is 1.98. The lowest BCUT2D eigenvalue weighted by molar-refractivity contribution is -0.276. The summed E-state index contributed by atoms with van der Waals surface area (Å²) in [5.74, 6) is -0.106. The first-order chi connectivity index (χ1) is 13.5. The van der Waals surface area contributed by atoms with Crippen LogP contribution in [0.25, 0.3) is 10.9 Å². The Hall–Kier alpha value is -2.26. The molecule has 0 radical (unpaired) electrons. The molecule has 0 bridgehead atoms. The lowest BCUT2D eigenvalue weighted by Gasteiger charge is -2.49. The van der Waals surface area contributed by atoms with Crippen LogP contribution >= 0.6 is 15.9 Å². The molecule has 2 aromatic carbocycles. The largest absolute Gasteiger partial charge is 0.508 e. The van der Waals surface area contributed by atoms with Gasteiger partial charge in [0.2, 0.25) is 0 Å².